The van der Waals surface area contributed by atoms with E-state index in [9.17, 15) is 4.79 Å². The van der Waals surface area contributed by atoms with Crippen LogP contribution in [0.2, 0.25) is 0 Å². The molecule has 0 unspecified atom stereocenters. The highest BCUT2D eigenvalue weighted by Crippen LogP contribution is 2.24. The van der Waals surface area contributed by atoms with E-state index < -0.39 is 0 Å². The van der Waals surface area contributed by atoms with Crippen LogP contribution in [-0.2, 0) is 30.8 Å². The Kier molecular flexibility index (Phi) is 6.99. The van der Waals surface area contributed by atoms with Crippen molar-refractivity contribution in [2.24, 2.45) is 4.99 Å². The van der Waals surface area contributed by atoms with Crippen molar-refractivity contribution < 1.29 is 4.79 Å². The van der Waals surface area contributed by atoms with Crippen LogP contribution in [0.1, 0.15) is 28.0 Å². The van der Waals surface area contributed by atoms with Gasteiger partial charge in [-0.2, -0.15) is 5.10 Å². The Labute approximate surface area is 186 Å². The predicted octanol–water partition coefficient (Wildman–Crippen LogP) is 2.63. The molecule has 0 saturated carbocycles. The van der Waals surface area contributed by atoms with Crippen LogP contribution in [0, 0.1) is 0 Å². The molecule has 31 heavy (non-hydrogen) atoms. The Hall–Kier alpha value is -3.13. The maximum Gasteiger partial charge on any atom is 0.224 e. The van der Waals surface area contributed by atoms with Gasteiger partial charge in [0, 0.05) is 56.9 Å². The van der Waals surface area contributed by atoms with Gasteiger partial charge in [-0.25, -0.2) is 0 Å². The highest BCUT2D eigenvalue weighted by molar-refractivity contribution is 7.10. The summed E-state index contributed by atoms with van der Waals surface area (Å²) in [6.45, 7) is 3.48. The van der Waals surface area contributed by atoms with Gasteiger partial charge < -0.3 is 15.5 Å². The molecule has 0 aliphatic carbocycles. The van der Waals surface area contributed by atoms with Crippen LogP contribution < -0.4 is 10.6 Å². The lowest BCUT2D eigenvalue weighted by Crippen LogP contribution is -2.40. The van der Waals surface area contributed by atoms with Gasteiger partial charge in [-0.15, -0.1) is 11.3 Å². The number of hydrogen-bond acceptors (Lipinski definition) is 4. The van der Waals surface area contributed by atoms with Gasteiger partial charge in [-0.3, -0.25) is 14.5 Å². The highest BCUT2D eigenvalue weighted by Gasteiger charge is 2.21. The van der Waals surface area contributed by atoms with Crippen molar-refractivity contribution in [3.05, 3.63) is 75.7 Å². The average Bonchev–Trinajstić information content (AvgIpc) is 3.48. The first kappa shape index (κ1) is 21.1. The molecule has 1 aliphatic heterocycles. The Morgan fingerprint density at radius 3 is 2.87 bits per heavy atom. The second-order valence-corrected chi connectivity index (χ2v) is 8.51. The molecule has 2 aromatic heterocycles. The Morgan fingerprint density at radius 2 is 2.06 bits per heavy atom. The zero-order valence-corrected chi connectivity index (χ0v) is 18.6. The predicted molar refractivity (Wildman–Crippen MR) is 124 cm³/mol. The number of rotatable bonds is 7. The van der Waals surface area contributed by atoms with Crippen LogP contribution in [-0.4, -0.2) is 46.7 Å². The van der Waals surface area contributed by atoms with Crippen LogP contribution in [0.15, 0.2) is 59.2 Å². The zero-order valence-electron chi connectivity index (χ0n) is 17.8. The third-order valence-electron chi connectivity index (χ3n) is 5.47. The number of fused-ring (bicyclic) bond motifs is 1. The lowest BCUT2D eigenvalue weighted by atomic mass is 10.1. The third kappa shape index (κ3) is 5.52. The van der Waals surface area contributed by atoms with E-state index in [2.05, 4.69) is 44.3 Å². The fourth-order valence-electron chi connectivity index (χ4n) is 3.76. The van der Waals surface area contributed by atoms with Gasteiger partial charge in [0.05, 0.1) is 6.54 Å². The molecule has 3 heterocycles. The van der Waals surface area contributed by atoms with E-state index in [1.165, 1.54) is 21.6 Å². The smallest absolute Gasteiger partial charge is 0.224 e. The number of guanidine groups is 1. The topological polar surface area (TPSA) is 74.6 Å². The Balaban J connectivity index is 1.24. The molecule has 1 aromatic carbocycles. The van der Waals surface area contributed by atoms with Crippen molar-refractivity contribution in [1.29, 1.82) is 0 Å². The number of carbonyl (C=O) groups is 1. The molecule has 0 radical (unpaired) electrons. The first-order valence-electron chi connectivity index (χ1n) is 10.5. The van der Waals surface area contributed by atoms with Gasteiger partial charge >= 0.3 is 0 Å². The molecule has 8 heteroatoms. The number of hydrogen-bond donors (Lipinski definition) is 2. The fourth-order valence-corrected chi connectivity index (χ4v) is 4.65. The normalized spacial score (nSPS) is 13.7. The maximum absolute atomic E-state index is 12.6. The number of thiophene rings is 1. The summed E-state index contributed by atoms with van der Waals surface area (Å²) in [5.41, 5.74) is 3.70. The first-order chi connectivity index (χ1) is 15.2. The van der Waals surface area contributed by atoms with E-state index in [0.717, 1.165) is 26.1 Å². The molecule has 4 rings (SSSR count). The van der Waals surface area contributed by atoms with Crippen molar-refractivity contribution >= 4 is 23.2 Å². The van der Waals surface area contributed by atoms with Gasteiger partial charge in [0.15, 0.2) is 5.96 Å². The number of aromatic nitrogens is 2. The van der Waals surface area contributed by atoms with E-state index in [1.807, 2.05) is 34.0 Å². The van der Waals surface area contributed by atoms with Crippen molar-refractivity contribution in [2.45, 2.75) is 32.5 Å². The lowest BCUT2D eigenvalue weighted by Gasteiger charge is -2.27. The molecule has 0 fully saturated rings. The third-order valence-corrected chi connectivity index (χ3v) is 6.49. The number of nitrogens with zero attached hydrogens (tertiary/aromatic N) is 4. The zero-order chi connectivity index (χ0) is 21.5. The minimum atomic E-state index is 0.185. The largest absolute Gasteiger partial charge is 0.356 e. The number of carbonyl (C=O) groups excluding carboxylic acids is 1. The maximum atomic E-state index is 12.6. The summed E-state index contributed by atoms with van der Waals surface area (Å²) >= 11 is 1.79. The number of benzene rings is 1. The van der Waals surface area contributed by atoms with Crippen molar-refractivity contribution in [3.63, 3.8) is 0 Å². The molecule has 0 saturated heterocycles. The van der Waals surface area contributed by atoms with E-state index in [-0.39, 0.29) is 5.91 Å². The van der Waals surface area contributed by atoms with E-state index in [4.69, 9.17) is 0 Å². The molecule has 0 spiro atoms. The van der Waals surface area contributed by atoms with E-state index >= 15 is 0 Å². The number of aliphatic imine (C=N–C) groups is 1. The fraction of sp³-hybridized carbons (Fsp3) is 0.348. The Bertz CT molecular complexity index is 1030. The molecule has 1 amide bonds. The summed E-state index contributed by atoms with van der Waals surface area (Å²) < 4.78 is 1.91. The summed E-state index contributed by atoms with van der Waals surface area (Å²) in [7, 11) is 1.75. The first-order valence-corrected chi connectivity index (χ1v) is 11.4. The minimum Gasteiger partial charge on any atom is -0.356 e. The molecule has 2 N–H and O–H groups in total. The second kappa shape index (κ2) is 10.3. The van der Waals surface area contributed by atoms with Crippen LogP contribution in [0.3, 0.4) is 0 Å². The van der Waals surface area contributed by atoms with Gasteiger partial charge in [-0.1, -0.05) is 24.3 Å². The Morgan fingerprint density at radius 1 is 1.19 bits per heavy atom. The summed E-state index contributed by atoms with van der Waals surface area (Å²) in [4.78, 5) is 20.3. The van der Waals surface area contributed by atoms with Crippen molar-refractivity contribution in [3.8, 4) is 0 Å². The molecule has 0 atom stereocenters. The summed E-state index contributed by atoms with van der Waals surface area (Å²) in [6, 6.07) is 12.4. The van der Waals surface area contributed by atoms with Gasteiger partial charge in [0.1, 0.15) is 0 Å². The lowest BCUT2D eigenvalue weighted by molar-refractivity contribution is -0.131. The highest BCUT2D eigenvalue weighted by atomic mass is 32.1. The molecular weight excluding hydrogens is 408 g/mol. The minimum absolute atomic E-state index is 0.185. The van der Waals surface area contributed by atoms with Crippen molar-refractivity contribution in [2.75, 3.05) is 20.1 Å². The monoisotopic (exact) mass is 436 g/mol. The van der Waals surface area contributed by atoms with Crippen LogP contribution in [0.25, 0.3) is 0 Å². The van der Waals surface area contributed by atoms with Crippen LogP contribution >= 0.6 is 11.3 Å². The van der Waals surface area contributed by atoms with E-state index in [1.54, 1.807) is 24.6 Å². The quantitative estimate of drug-likeness (QED) is 0.441. The molecule has 7 nitrogen and oxygen atoms in total. The number of nitrogens with one attached hydrogen (secondary N) is 2. The summed E-state index contributed by atoms with van der Waals surface area (Å²) in [5, 5.41) is 13.0. The van der Waals surface area contributed by atoms with Gasteiger partial charge in [-0.05, 0) is 40.6 Å². The van der Waals surface area contributed by atoms with Crippen LogP contribution in [0.5, 0.6) is 0 Å². The summed E-state index contributed by atoms with van der Waals surface area (Å²) in [6.07, 6.45) is 5.17. The van der Waals surface area contributed by atoms with Crippen molar-refractivity contribution in [1.82, 2.24) is 25.3 Å². The second-order valence-electron chi connectivity index (χ2n) is 7.51. The summed E-state index contributed by atoms with van der Waals surface area (Å²) in [5.74, 6) is 0.879. The van der Waals surface area contributed by atoms with E-state index in [0.29, 0.717) is 25.5 Å². The standard InChI is InChI=1S/C23H28N6OS/c1-24-23(25-11-7-22(30)28-13-8-21-20(16-28)9-14-31-21)26-15-18-5-2-3-6-19(18)17-29-12-4-10-27-29/h2-6,9-10,12,14H,7-8,11,13,15-17H2,1H3,(H2,24,25,26). The average molecular weight is 437 g/mol. The molecule has 0 bridgehead atoms. The molecule has 3 aromatic rings. The molecule has 162 valence electrons. The van der Waals surface area contributed by atoms with Gasteiger partial charge in [0.2, 0.25) is 5.91 Å². The molecule has 1 aliphatic rings. The number of amides is 1. The van der Waals surface area contributed by atoms with Crippen LogP contribution in [0.4, 0.5) is 0 Å². The SMILES string of the molecule is CN=C(NCCC(=O)N1CCc2sccc2C1)NCc1ccccc1Cn1cccn1. The molecular formula is C23H28N6OS. The van der Waals surface area contributed by atoms with Gasteiger partial charge in [0.25, 0.3) is 0 Å².